The highest BCUT2D eigenvalue weighted by atomic mass is 19.1. The number of nitrogens with one attached hydrogen (secondary N) is 1. The average molecular weight is 807 g/mol. The summed E-state index contributed by atoms with van der Waals surface area (Å²) in [7, 11) is 0. The second-order valence-electron chi connectivity index (χ2n) is 16.7. The highest BCUT2D eigenvalue weighted by Gasteiger charge is 2.49. The number of benzene rings is 3. The fraction of sp³-hybridized carbons (Fsp3) is 0.444. The molecule has 3 aromatic carbocycles. The summed E-state index contributed by atoms with van der Waals surface area (Å²) in [6.07, 6.45) is 3.71. The van der Waals surface area contributed by atoms with Crippen LogP contribution in [0, 0.1) is 12.7 Å². The molecule has 5 aliphatic heterocycles. The predicted molar refractivity (Wildman–Crippen MR) is 218 cm³/mol. The molecule has 3 saturated heterocycles. The van der Waals surface area contributed by atoms with Gasteiger partial charge in [-0.2, -0.15) is 9.97 Å². The minimum absolute atomic E-state index is 0.0171. The van der Waals surface area contributed by atoms with Crippen LogP contribution in [0.25, 0.3) is 32.9 Å². The Hall–Kier alpha value is -5.63. The van der Waals surface area contributed by atoms with Crippen molar-refractivity contribution in [3.05, 3.63) is 83.3 Å². The Morgan fingerprint density at radius 3 is 2.80 bits per heavy atom. The highest BCUT2D eigenvalue weighted by Crippen LogP contribution is 2.42. The number of piperidine rings is 1. The number of fused-ring (bicyclic) bond motifs is 7. The zero-order chi connectivity index (χ0) is 40.9. The molecule has 3 fully saturated rings. The van der Waals surface area contributed by atoms with Crippen molar-refractivity contribution < 1.29 is 37.3 Å². The molecule has 0 aliphatic carbocycles. The normalized spacial score (nSPS) is 23.8. The molecule has 308 valence electrons. The monoisotopic (exact) mass is 806 g/mol. The van der Waals surface area contributed by atoms with Gasteiger partial charge in [0.05, 0.1) is 28.6 Å². The van der Waals surface area contributed by atoms with E-state index < -0.39 is 41.4 Å². The van der Waals surface area contributed by atoms with E-state index in [1.807, 2.05) is 55.1 Å². The summed E-state index contributed by atoms with van der Waals surface area (Å²) in [5.41, 5.74) is 1.47. The number of hydrogen-bond donors (Lipinski definition) is 1. The Balaban J connectivity index is 1.16. The number of alkyl carbamates (subject to hydrolysis) is 1. The quantitative estimate of drug-likeness (QED) is 0.128. The third-order valence-corrected chi connectivity index (χ3v) is 12.3. The molecule has 14 heteroatoms. The van der Waals surface area contributed by atoms with Crippen molar-refractivity contribution >= 4 is 39.6 Å². The Kier molecular flexibility index (Phi) is 10.2. The van der Waals surface area contributed by atoms with E-state index in [-0.39, 0.29) is 30.4 Å². The fourth-order valence-electron chi connectivity index (χ4n) is 9.57. The van der Waals surface area contributed by atoms with Crippen molar-refractivity contribution in [3.8, 4) is 23.0 Å². The maximum atomic E-state index is 17.6. The van der Waals surface area contributed by atoms with Gasteiger partial charge in [0.2, 0.25) is 6.29 Å². The zero-order valence-corrected chi connectivity index (χ0v) is 33.6. The minimum Gasteiger partial charge on any atom is -0.461 e. The second-order valence-corrected chi connectivity index (χ2v) is 16.7. The van der Waals surface area contributed by atoms with Crippen molar-refractivity contribution in [1.29, 1.82) is 0 Å². The molecule has 0 spiro atoms. The lowest BCUT2D eigenvalue weighted by Gasteiger charge is -2.41. The van der Waals surface area contributed by atoms with E-state index in [2.05, 4.69) is 10.2 Å². The van der Waals surface area contributed by atoms with Crippen LogP contribution in [0.1, 0.15) is 73.9 Å². The van der Waals surface area contributed by atoms with Gasteiger partial charge in [0.25, 0.3) is 0 Å². The molecule has 5 aliphatic rings. The van der Waals surface area contributed by atoms with E-state index in [1.165, 1.54) is 0 Å². The first kappa shape index (κ1) is 38.9. The molecular weight excluding hydrogens is 759 g/mol. The Morgan fingerprint density at radius 1 is 1.08 bits per heavy atom. The fourth-order valence-corrected chi connectivity index (χ4v) is 9.57. The van der Waals surface area contributed by atoms with Crippen LogP contribution in [0.5, 0.6) is 11.8 Å². The summed E-state index contributed by atoms with van der Waals surface area (Å²) in [6, 6.07) is 16.4. The third-order valence-electron chi connectivity index (χ3n) is 12.3. The molecule has 1 unspecified atom stereocenters. The van der Waals surface area contributed by atoms with Gasteiger partial charge in [-0.3, -0.25) is 9.88 Å². The first-order valence-electron chi connectivity index (χ1n) is 20.5. The molecule has 0 saturated carbocycles. The van der Waals surface area contributed by atoms with Gasteiger partial charge in [0.15, 0.2) is 5.82 Å². The van der Waals surface area contributed by atoms with E-state index in [1.54, 1.807) is 31.3 Å². The number of ether oxygens (including phenoxy) is 4. The number of pyridine rings is 1. The SMILES string of the molecule is Cc1ccccc1C(=O)OC(C)Oc1cc2c3c(cccc3c1)CCCOC(=O)N[C@]1(C)CCCN(C1)c1nc(OC[C@@]34CCCN3C[C@H](F)C4)nc3c(F)c-2ncc13. The van der Waals surface area contributed by atoms with Crippen LogP contribution in [-0.4, -0.2) is 94.8 Å². The van der Waals surface area contributed by atoms with Gasteiger partial charge in [-0.15, -0.1) is 0 Å². The molecule has 2 aromatic heterocycles. The lowest BCUT2D eigenvalue weighted by atomic mass is 9.91. The van der Waals surface area contributed by atoms with Gasteiger partial charge >= 0.3 is 18.1 Å². The molecule has 7 heterocycles. The van der Waals surface area contributed by atoms with E-state index in [9.17, 15) is 14.0 Å². The average Bonchev–Trinajstić information content (AvgIpc) is 3.73. The molecule has 6 bridgehead atoms. The number of aryl methyl sites for hydroxylation is 2. The summed E-state index contributed by atoms with van der Waals surface area (Å²) < 4.78 is 56.3. The van der Waals surface area contributed by atoms with Gasteiger partial charge in [-0.1, -0.05) is 36.4 Å². The van der Waals surface area contributed by atoms with Crippen LogP contribution >= 0.6 is 0 Å². The summed E-state index contributed by atoms with van der Waals surface area (Å²) in [4.78, 5) is 44.8. The second kappa shape index (κ2) is 15.5. The van der Waals surface area contributed by atoms with E-state index in [0.717, 1.165) is 47.7 Å². The molecule has 59 heavy (non-hydrogen) atoms. The summed E-state index contributed by atoms with van der Waals surface area (Å²) in [6.45, 7) is 7.90. The van der Waals surface area contributed by atoms with Crippen LogP contribution in [0.4, 0.5) is 19.4 Å². The largest absolute Gasteiger partial charge is 0.461 e. The Bertz CT molecular complexity index is 2450. The lowest BCUT2D eigenvalue weighted by Crippen LogP contribution is -2.57. The molecule has 10 rings (SSSR count). The third kappa shape index (κ3) is 7.58. The molecule has 12 nitrogen and oxygen atoms in total. The van der Waals surface area contributed by atoms with Crippen LogP contribution in [0.15, 0.2) is 60.8 Å². The van der Waals surface area contributed by atoms with Crippen LogP contribution in [0.3, 0.4) is 0 Å². The maximum absolute atomic E-state index is 17.6. The van der Waals surface area contributed by atoms with Crippen molar-refractivity contribution in [2.45, 2.75) is 89.3 Å². The first-order chi connectivity index (χ1) is 28.5. The highest BCUT2D eigenvalue weighted by molar-refractivity contribution is 6.02. The smallest absolute Gasteiger partial charge is 0.407 e. The number of hydrogen-bond acceptors (Lipinski definition) is 11. The van der Waals surface area contributed by atoms with E-state index in [0.29, 0.717) is 73.4 Å². The molecule has 5 aromatic rings. The van der Waals surface area contributed by atoms with E-state index in [4.69, 9.17) is 33.9 Å². The number of rotatable bonds is 7. The minimum atomic E-state index is -0.990. The standard InChI is InChI=1S/C45H48F2N6O6/c1-27-10-4-5-14-33(27)41(54)59-28(2)58-32-20-30-12-6-11-29-13-7-19-56-43(55)51-44(3)15-8-17-52(25-44)40-35-23-48-38(34(21-32)36(29)30)37(47)39(35)49-42(50-40)57-26-45-16-9-18-53(45)24-31(46)22-45/h4-6,10-12,14,20-21,23,28,31H,7-9,13,15-19,22,24-26H2,1-3H3,(H,51,55)/t28?,31-,44-,45+/m1/s1. The molecule has 0 radical (unpaired) electrons. The van der Waals surface area contributed by atoms with Gasteiger partial charge < -0.3 is 29.2 Å². The molecule has 4 atom stereocenters. The molecular formula is C45H48F2N6O6. The molecule has 1 amide bonds. The lowest BCUT2D eigenvalue weighted by molar-refractivity contribution is -0.0371. The van der Waals surface area contributed by atoms with Crippen molar-refractivity contribution in [3.63, 3.8) is 0 Å². The van der Waals surface area contributed by atoms with Crippen molar-refractivity contribution in [1.82, 2.24) is 25.2 Å². The van der Waals surface area contributed by atoms with Crippen molar-refractivity contribution in [2.24, 2.45) is 0 Å². The van der Waals surface area contributed by atoms with Crippen LogP contribution < -0.4 is 19.7 Å². The van der Waals surface area contributed by atoms with Gasteiger partial charge in [-0.05, 0) is 99.0 Å². The number of carbonyl (C=O) groups excluding carboxylic acids is 2. The number of carbonyl (C=O) groups is 2. The summed E-state index contributed by atoms with van der Waals surface area (Å²) in [5, 5.41) is 4.96. The number of anilines is 1. The van der Waals surface area contributed by atoms with E-state index >= 15 is 4.39 Å². The summed E-state index contributed by atoms with van der Waals surface area (Å²) >= 11 is 0. The zero-order valence-electron chi connectivity index (χ0n) is 33.6. The van der Waals surface area contributed by atoms with Gasteiger partial charge in [-0.25, -0.2) is 18.4 Å². The number of halogens is 2. The first-order valence-corrected chi connectivity index (χ1v) is 20.5. The van der Waals surface area contributed by atoms with Gasteiger partial charge in [0, 0.05) is 44.7 Å². The number of esters is 1. The number of alkyl halides is 1. The summed E-state index contributed by atoms with van der Waals surface area (Å²) in [5.74, 6) is -0.434. The number of amides is 1. The number of aromatic nitrogens is 3. The predicted octanol–water partition coefficient (Wildman–Crippen LogP) is 7.86. The Morgan fingerprint density at radius 2 is 1.93 bits per heavy atom. The van der Waals surface area contributed by atoms with Crippen LogP contribution in [0.2, 0.25) is 0 Å². The maximum Gasteiger partial charge on any atom is 0.407 e. The molecule has 1 N–H and O–H groups in total. The number of nitrogens with zero attached hydrogens (tertiary/aromatic N) is 5. The van der Waals surface area contributed by atoms with Crippen LogP contribution in [-0.2, 0) is 15.9 Å². The Labute approximate surface area is 341 Å². The van der Waals surface area contributed by atoms with Gasteiger partial charge in [0.1, 0.15) is 35.6 Å². The van der Waals surface area contributed by atoms with Crippen molar-refractivity contribution in [2.75, 3.05) is 44.3 Å². The topological polar surface area (TPSA) is 128 Å².